The number of carbonyl (C=O) groups excluding carboxylic acids is 1. The van der Waals surface area contributed by atoms with Gasteiger partial charge in [0.2, 0.25) is 5.91 Å². The Labute approximate surface area is 129 Å². The Bertz CT molecular complexity index is 485. The van der Waals surface area contributed by atoms with Crippen molar-refractivity contribution in [2.75, 3.05) is 0 Å². The average Bonchev–Trinajstić information content (AvgIpc) is 2.44. The Morgan fingerprint density at radius 2 is 1.77 bits per heavy atom. The van der Waals surface area contributed by atoms with Crippen LogP contribution >= 0.6 is 0 Å². The normalized spacial score (nSPS) is 16.0. The van der Waals surface area contributed by atoms with Crippen molar-refractivity contribution in [2.24, 2.45) is 11.7 Å². The van der Waals surface area contributed by atoms with Crippen LogP contribution in [0.5, 0.6) is 0 Å². The maximum atomic E-state index is 12.5. The summed E-state index contributed by atoms with van der Waals surface area (Å²) in [4.78, 5) is 11.9. The first-order valence-electron chi connectivity index (χ1n) is 7.37. The molecule has 3 unspecified atom stereocenters. The molecule has 3 N–H and O–H groups in total. The molecule has 22 heavy (non-hydrogen) atoms. The Kier molecular flexibility index (Phi) is 6.41. The lowest BCUT2D eigenvalue weighted by Gasteiger charge is -2.21. The Morgan fingerprint density at radius 3 is 2.23 bits per heavy atom. The number of hydrogen-bond acceptors (Lipinski definition) is 2. The third-order valence-electron chi connectivity index (χ3n) is 3.77. The quantitative estimate of drug-likeness (QED) is 0.847. The lowest BCUT2D eigenvalue weighted by molar-refractivity contribution is -0.137. The highest BCUT2D eigenvalue weighted by Gasteiger charge is 2.30. The van der Waals surface area contributed by atoms with E-state index in [9.17, 15) is 18.0 Å². The summed E-state index contributed by atoms with van der Waals surface area (Å²) in [6.07, 6.45) is -3.07. The van der Waals surface area contributed by atoms with Gasteiger partial charge in [0.15, 0.2) is 0 Å². The van der Waals surface area contributed by atoms with E-state index in [2.05, 4.69) is 5.32 Å². The first-order valence-corrected chi connectivity index (χ1v) is 7.37. The molecule has 0 aliphatic heterocycles. The number of nitrogens with two attached hydrogens (primary N) is 1. The second kappa shape index (κ2) is 7.63. The zero-order valence-corrected chi connectivity index (χ0v) is 13.1. The Morgan fingerprint density at radius 1 is 1.23 bits per heavy atom. The van der Waals surface area contributed by atoms with E-state index in [0.717, 1.165) is 24.1 Å². The standard InChI is InChI=1S/C16H23F3N2O/c1-4-10(2)14(20)15(22)21-11(3)9-12-5-7-13(8-6-12)16(17,18)19/h5-8,10-11,14H,4,9,20H2,1-3H3,(H,21,22). The van der Waals surface area contributed by atoms with Gasteiger partial charge in [-0.05, 0) is 37.0 Å². The van der Waals surface area contributed by atoms with Gasteiger partial charge in [0.25, 0.3) is 0 Å². The van der Waals surface area contributed by atoms with Crippen LogP contribution in [0.15, 0.2) is 24.3 Å². The number of halogens is 3. The average molecular weight is 316 g/mol. The zero-order chi connectivity index (χ0) is 16.9. The smallest absolute Gasteiger partial charge is 0.352 e. The van der Waals surface area contributed by atoms with Gasteiger partial charge in [-0.1, -0.05) is 32.4 Å². The third-order valence-corrected chi connectivity index (χ3v) is 3.77. The molecule has 124 valence electrons. The van der Waals surface area contributed by atoms with E-state index >= 15 is 0 Å². The summed E-state index contributed by atoms with van der Waals surface area (Å²) in [5.74, 6) is -0.146. The van der Waals surface area contributed by atoms with Gasteiger partial charge in [-0.25, -0.2) is 0 Å². The van der Waals surface area contributed by atoms with Crippen LogP contribution < -0.4 is 11.1 Å². The minimum atomic E-state index is -4.33. The van der Waals surface area contributed by atoms with Gasteiger partial charge < -0.3 is 11.1 Å². The van der Waals surface area contributed by atoms with Crippen molar-refractivity contribution in [3.05, 3.63) is 35.4 Å². The van der Waals surface area contributed by atoms with E-state index in [4.69, 9.17) is 5.73 Å². The Hall–Kier alpha value is -1.56. The Balaban J connectivity index is 2.58. The summed E-state index contributed by atoms with van der Waals surface area (Å²) >= 11 is 0. The van der Waals surface area contributed by atoms with Crippen LogP contribution in [0.25, 0.3) is 0 Å². The van der Waals surface area contributed by atoms with Crippen molar-refractivity contribution in [1.29, 1.82) is 0 Å². The molecule has 6 heteroatoms. The first-order chi connectivity index (χ1) is 10.1. The number of amides is 1. The highest BCUT2D eigenvalue weighted by molar-refractivity contribution is 5.82. The number of benzene rings is 1. The summed E-state index contributed by atoms with van der Waals surface area (Å²) < 4.78 is 37.4. The highest BCUT2D eigenvalue weighted by atomic mass is 19.4. The molecule has 1 amide bonds. The van der Waals surface area contributed by atoms with E-state index in [1.807, 2.05) is 13.8 Å². The molecule has 0 radical (unpaired) electrons. The molecule has 0 spiro atoms. The van der Waals surface area contributed by atoms with Gasteiger partial charge in [0.1, 0.15) is 0 Å². The fraction of sp³-hybridized carbons (Fsp3) is 0.562. The van der Waals surface area contributed by atoms with Crippen molar-refractivity contribution >= 4 is 5.91 Å². The second-order valence-corrected chi connectivity index (χ2v) is 5.72. The van der Waals surface area contributed by atoms with Crippen molar-refractivity contribution in [3.8, 4) is 0 Å². The molecule has 0 bridgehead atoms. The molecule has 1 aromatic carbocycles. The molecule has 0 aromatic heterocycles. The molecule has 0 saturated heterocycles. The molecular weight excluding hydrogens is 293 g/mol. The molecule has 1 rings (SSSR count). The van der Waals surface area contributed by atoms with E-state index in [1.165, 1.54) is 12.1 Å². The molecular formula is C16H23F3N2O. The molecule has 0 aliphatic carbocycles. The summed E-state index contributed by atoms with van der Waals surface area (Å²) in [7, 11) is 0. The monoisotopic (exact) mass is 316 g/mol. The second-order valence-electron chi connectivity index (χ2n) is 5.72. The molecule has 3 nitrogen and oxygen atoms in total. The summed E-state index contributed by atoms with van der Waals surface area (Å²) in [6.45, 7) is 5.67. The summed E-state index contributed by atoms with van der Waals surface area (Å²) in [6, 6.07) is 4.20. The fourth-order valence-corrected chi connectivity index (χ4v) is 2.09. The number of carbonyl (C=O) groups is 1. The first kappa shape index (κ1) is 18.5. The number of nitrogens with one attached hydrogen (secondary N) is 1. The number of rotatable bonds is 6. The van der Waals surface area contributed by atoms with E-state index in [1.54, 1.807) is 6.92 Å². The zero-order valence-electron chi connectivity index (χ0n) is 13.1. The van der Waals surface area contributed by atoms with Gasteiger partial charge in [0.05, 0.1) is 11.6 Å². The van der Waals surface area contributed by atoms with Gasteiger partial charge in [-0.2, -0.15) is 13.2 Å². The van der Waals surface area contributed by atoms with E-state index < -0.39 is 17.8 Å². The maximum absolute atomic E-state index is 12.5. The van der Waals surface area contributed by atoms with Crippen LogP contribution in [0, 0.1) is 5.92 Å². The van der Waals surface area contributed by atoms with Crippen molar-refractivity contribution in [3.63, 3.8) is 0 Å². The van der Waals surface area contributed by atoms with Gasteiger partial charge >= 0.3 is 6.18 Å². The molecule has 0 heterocycles. The third kappa shape index (κ3) is 5.33. The van der Waals surface area contributed by atoms with Crippen LogP contribution in [0.3, 0.4) is 0 Å². The lowest BCUT2D eigenvalue weighted by atomic mass is 9.98. The van der Waals surface area contributed by atoms with Gasteiger partial charge in [0, 0.05) is 6.04 Å². The van der Waals surface area contributed by atoms with Crippen molar-refractivity contribution in [2.45, 2.75) is 51.9 Å². The minimum Gasteiger partial charge on any atom is -0.352 e. The fourth-order valence-electron chi connectivity index (χ4n) is 2.09. The number of alkyl halides is 3. The van der Waals surface area contributed by atoms with E-state index in [-0.39, 0.29) is 17.9 Å². The maximum Gasteiger partial charge on any atom is 0.416 e. The molecule has 0 fully saturated rings. The van der Waals surface area contributed by atoms with Crippen molar-refractivity contribution in [1.82, 2.24) is 5.32 Å². The summed E-state index contributed by atoms with van der Waals surface area (Å²) in [5.41, 5.74) is 5.90. The van der Waals surface area contributed by atoms with Crippen LogP contribution in [0.2, 0.25) is 0 Å². The largest absolute Gasteiger partial charge is 0.416 e. The van der Waals surface area contributed by atoms with Gasteiger partial charge in [-0.3, -0.25) is 4.79 Å². The van der Waals surface area contributed by atoms with Crippen molar-refractivity contribution < 1.29 is 18.0 Å². The molecule has 0 saturated carbocycles. The molecule has 3 atom stereocenters. The minimum absolute atomic E-state index is 0.0817. The molecule has 0 aliphatic rings. The van der Waals surface area contributed by atoms with Crippen LogP contribution in [-0.4, -0.2) is 18.0 Å². The van der Waals surface area contributed by atoms with Crippen LogP contribution in [-0.2, 0) is 17.4 Å². The predicted octanol–water partition coefficient (Wildman–Crippen LogP) is 3.13. The summed E-state index contributed by atoms with van der Waals surface area (Å²) in [5, 5.41) is 2.80. The van der Waals surface area contributed by atoms with Gasteiger partial charge in [-0.15, -0.1) is 0 Å². The SMILES string of the molecule is CCC(C)C(N)C(=O)NC(C)Cc1ccc(C(F)(F)F)cc1. The lowest BCUT2D eigenvalue weighted by Crippen LogP contribution is -2.48. The molecule has 1 aromatic rings. The topological polar surface area (TPSA) is 55.1 Å². The number of hydrogen-bond donors (Lipinski definition) is 2. The predicted molar refractivity (Wildman–Crippen MR) is 80.2 cm³/mol. The van der Waals surface area contributed by atoms with E-state index in [0.29, 0.717) is 6.42 Å². The van der Waals surface area contributed by atoms with Crippen LogP contribution in [0.4, 0.5) is 13.2 Å². The van der Waals surface area contributed by atoms with Crippen LogP contribution in [0.1, 0.15) is 38.3 Å². The highest BCUT2D eigenvalue weighted by Crippen LogP contribution is 2.29.